The van der Waals surface area contributed by atoms with Gasteiger partial charge in [0.1, 0.15) is 6.54 Å². The molecule has 0 radical (unpaired) electrons. The van der Waals surface area contributed by atoms with Crippen LogP contribution in [0.2, 0.25) is 0 Å². The Labute approximate surface area is 157 Å². The van der Waals surface area contributed by atoms with Crippen molar-refractivity contribution in [3.05, 3.63) is 65.1 Å². The van der Waals surface area contributed by atoms with Gasteiger partial charge in [0.15, 0.2) is 0 Å². The Hall–Kier alpha value is -3.15. The number of rotatable bonds is 4. The minimum Gasteiger partial charge on any atom is -0.370 e. The van der Waals surface area contributed by atoms with E-state index >= 15 is 0 Å². The van der Waals surface area contributed by atoms with Gasteiger partial charge in [-0.25, -0.2) is 4.68 Å². The van der Waals surface area contributed by atoms with Crippen molar-refractivity contribution in [2.45, 2.75) is 25.8 Å². The number of nitrogens with zero attached hydrogens (tertiary/aromatic N) is 3. The molecule has 0 saturated carbocycles. The van der Waals surface area contributed by atoms with E-state index in [9.17, 15) is 9.59 Å². The first kappa shape index (κ1) is 17.3. The van der Waals surface area contributed by atoms with E-state index in [1.54, 1.807) is 12.3 Å². The summed E-state index contributed by atoms with van der Waals surface area (Å²) in [6.45, 7) is 1.88. The molecule has 1 aliphatic rings. The van der Waals surface area contributed by atoms with Gasteiger partial charge in [0, 0.05) is 18.5 Å². The number of anilines is 2. The maximum absolute atomic E-state index is 12.6. The molecule has 1 saturated heterocycles. The Balaban J connectivity index is 1.54. The van der Waals surface area contributed by atoms with Crippen LogP contribution >= 0.6 is 0 Å². The number of nitrogens with one attached hydrogen (secondary N) is 1. The van der Waals surface area contributed by atoms with Gasteiger partial charge >= 0.3 is 0 Å². The van der Waals surface area contributed by atoms with E-state index in [0.717, 1.165) is 29.9 Å². The average Bonchev–Trinajstić information content (AvgIpc) is 2.71. The summed E-state index contributed by atoms with van der Waals surface area (Å²) in [4.78, 5) is 27.4. The Kier molecular flexibility index (Phi) is 4.87. The van der Waals surface area contributed by atoms with E-state index in [2.05, 4.69) is 15.3 Å². The molecule has 1 aliphatic heterocycles. The van der Waals surface area contributed by atoms with Crippen molar-refractivity contribution in [2.75, 3.05) is 23.3 Å². The van der Waals surface area contributed by atoms with Gasteiger partial charge in [-0.1, -0.05) is 30.3 Å². The third-order valence-electron chi connectivity index (χ3n) is 4.93. The molecule has 1 amide bonds. The predicted octanol–water partition coefficient (Wildman–Crippen LogP) is 3.03. The van der Waals surface area contributed by atoms with Crippen LogP contribution in [0.25, 0.3) is 10.8 Å². The molecule has 6 heteroatoms. The normalized spacial score (nSPS) is 14.3. The topological polar surface area (TPSA) is 67.2 Å². The lowest BCUT2D eigenvalue weighted by atomic mass is 10.1. The fourth-order valence-corrected chi connectivity index (χ4v) is 3.56. The molecule has 4 rings (SSSR count). The summed E-state index contributed by atoms with van der Waals surface area (Å²) in [5, 5.41) is 8.42. The number of aromatic nitrogens is 2. The molecule has 0 atom stereocenters. The van der Waals surface area contributed by atoms with Gasteiger partial charge in [-0.3, -0.25) is 9.59 Å². The number of carbonyl (C=O) groups is 1. The minimum absolute atomic E-state index is 0.113. The Morgan fingerprint density at radius 2 is 1.74 bits per heavy atom. The highest BCUT2D eigenvalue weighted by molar-refractivity contribution is 5.94. The molecule has 0 spiro atoms. The highest BCUT2D eigenvalue weighted by Crippen LogP contribution is 2.28. The number of fused-ring (bicyclic) bond motifs is 1. The summed E-state index contributed by atoms with van der Waals surface area (Å²) < 4.78 is 1.21. The maximum atomic E-state index is 12.6. The number of amides is 1. The molecule has 1 fully saturated rings. The van der Waals surface area contributed by atoms with Crippen LogP contribution in [0.1, 0.15) is 19.3 Å². The highest BCUT2D eigenvalue weighted by Gasteiger charge is 2.16. The van der Waals surface area contributed by atoms with Gasteiger partial charge in [-0.2, -0.15) is 5.10 Å². The van der Waals surface area contributed by atoms with E-state index in [4.69, 9.17) is 0 Å². The second-order valence-corrected chi connectivity index (χ2v) is 6.81. The second-order valence-electron chi connectivity index (χ2n) is 6.81. The lowest BCUT2D eigenvalue weighted by molar-refractivity contribution is -0.117. The summed E-state index contributed by atoms with van der Waals surface area (Å²) in [6, 6.07) is 15.1. The molecule has 0 bridgehead atoms. The predicted molar refractivity (Wildman–Crippen MR) is 107 cm³/mol. The zero-order valence-corrected chi connectivity index (χ0v) is 15.1. The van der Waals surface area contributed by atoms with E-state index in [1.807, 2.05) is 42.5 Å². The number of hydrogen-bond donors (Lipinski definition) is 1. The smallest absolute Gasteiger partial charge is 0.275 e. The Bertz CT molecular complexity index is 1020. The van der Waals surface area contributed by atoms with E-state index in [0.29, 0.717) is 5.39 Å². The zero-order chi connectivity index (χ0) is 18.6. The number of hydrogen-bond acceptors (Lipinski definition) is 4. The first-order valence-electron chi connectivity index (χ1n) is 9.31. The van der Waals surface area contributed by atoms with Crippen LogP contribution in [0.3, 0.4) is 0 Å². The van der Waals surface area contributed by atoms with E-state index < -0.39 is 0 Å². The summed E-state index contributed by atoms with van der Waals surface area (Å²) in [6.07, 6.45) is 5.20. The van der Waals surface area contributed by atoms with Gasteiger partial charge in [0.2, 0.25) is 5.91 Å². The zero-order valence-electron chi connectivity index (χ0n) is 15.1. The summed E-state index contributed by atoms with van der Waals surface area (Å²) in [5.41, 5.74) is 1.55. The fourth-order valence-electron chi connectivity index (χ4n) is 3.56. The Morgan fingerprint density at radius 3 is 2.59 bits per heavy atom. The molecule has 2 aromatic carbocycles. The van der Waals surface area contributed by atoms with Gasteiger partial charge in [-0.15, -0.1) is 0 Å². The number of carbonyl (C=O) groups excluding carboxylic acids is 1. The first-order valence-corrected chi connectivity index (χ1v) is 9.31. The minimum atomic E-state index is -0.260. The molecule has 3 aromatic rings. The largest absolute Gasteiger partial charge is 0.370 e. The lowest BCUT2D eigenvalue weighted by Crippen LogP contribution is -2.32. The fraction of sp³-hybridized carbons (Fsp3) is 0.286. The average molecular weight is 362 g/mol. The monoisotopic (exact) mass is 362 g/mol. The van der Waals surface area contributed by atoms with Crippen LogP contribution in [0.5, 0.6) is 0 Å². The molecule has 0 unspecified atom stereocenters. The summed E-state index contributed by atoms with van der Waals surface area (Å²) in [7, 11) is 0. The van der Waals surface area contributed by atoms with Crippen molar-refractivity contribution < 1.29 is 4.79 Å². The summed E-state index contributed by atoms with van der Waals surface area (Å²) in [5.74, 6) is -0.260. The molecule has 1 aromatic heterocycles. The third-order valence-corrected chi connectivity index (χ3v) is 4.93. The van der Waals surface area contributed by atoms with Crippen LogP contribution in [-0.4, -0.2) is 28.8 Å². The molecule has 0 aliphatic carbocycles. The van der Waals surface area contributed by atoms with Crippen LogP contribution in [0.15, 0.2) is 59.5 Å². The van der Waals surface area contributed by atoms with Gasteiger partial charge < -0.3 is 10.2 Å². The van der Waals surface area contributed by atoms with Crippen molar-refractivity contribution in [3.8, 4) is 0 Å². The third kappa shape index (κ3) is 3.69. The maximum Gasteiger partial charge on any atom is 0.275 e. The lowest BCUT2D eigenvalue weighted by Gasteiger charge is -2.30. The van der Waals surface area contributed by atoms with E-state index in [1.165, 1.54) is 23.9 Å². The van der Waals surface area contributed by atoms with Gasteiger partial charge in [0.05, 0.1) is 23.0 Å². The van der Waals surface area contributed by atoms with Crippen molar-refractivity contribution >= 4 is 28.1 Å². The first-order chi connectivity index (χ1) is 13.2. The molecule has 6 nitrogen and oxygen atoms in total. The van der Waals surface area contributed by atoms with Crippen molar-refractivity contribution in [2.24, 2.45) is 0 Å². The SMILES string of the molecule is O=C(Cn1ncc2ccccc2c1=O)Nc1ccccc1N1CCCCC1. The number of benzene rings is 2. The molecular formula is C21H22N4O2. The van der Waals surface area contributed by atoms with Crippen LogP contribution in [0.4, 0.5) is 11.4 Å². The van der Waals surface area contributed by atoms with Gasteiger partial charge in [0.25, 0.3) is 5.56 Å². The van der Waals surface area contributed by atoms with Crippen molar-refractivity contribution in [3.63, 3.8) is 0 Å². The molecular weight excluding hydrogens is 340 g/mol. The van der Waals surface area contributed by atoms with Crippen molar-refractivity contribution in [1.29, 1.82) is 0 Å². The summed E-state index contributed by atoms with van der Waals surface area (Å²) >= 11 is 0. The number of piperidine rings is 1. The number of para-hydroxylation sites is 2. The van der Waals surface area contributed by atoms with Crippen molar-refractivity contribution in [1.82, 2.24) is 9.78 Å². The molecule has 1 N–H and O–H groups in total. The van der Waals surface area contributed by atoms with Gasteiger partial charge in [-0.05, 0) is 37.5 Å². The molecule has 138 valence electrons. The van der Waals surface area contributed by atoms with Crippen LogP contribution in [-0.2, 0) is 11.3 Å². The Morgan fingerprint density at radius 1 is 1.00 bits per heavy atom. The second kappa shape index (κ2) is 7.61. The quantitative estimate of drug-likeness (QED) is 0.775. The molecule has 2 heterocycles. The molecule has 27 heavy (non-hydrogen) atoms. The van der Waals surface area contributed by atoms with Crippen LogP contribution < -0.4 is 15.8 Å². The van der Waals surface area contributed by atoms with E-state index in [-0.39, 0.29) is 18.0 Å². The highest BCUT2D eigenvalue weighted by atomic mass is 16.2. The standard InChI is InChI=1S/C21H22N4O2/c26-20(15-25-21(27)17-9-3-2-8-16(17)14-22-25)23-18-10-4-5-11-19(18)24-12-6-1-7-13-24/h2-5,8-11,14H,1,6-7,12-13,15H2,(H,23,26). The van der Waals surface area contributed by atoms with Crippen LogP contribution in [0, 0.1) is 0 Å².